The van der Waals surface area contributed by atoms with E-state index in [4.69, 9.17) is 4.74 Å². The molecule has 1 aromatic carbocycles. The van der Waals surface area contributed by atoms with Crippen molar-refractivity contribution in [3.05, 3.63) is 48.3 Å². The van der Waals surface area contributed by atoms with Gasteiger partial charge in [0.15, 0.2) is 0 Å². The maximum Gasteiger partial charge on any atom is 0.226 e. The highest BCUT2D eigenvalue weighted by Crippen LogP contribution is 2.40. The molecule has 0 spiro atoms. The maximum atomic E-state index is 12.7. The van der Waals surface area contributed by atoms with E-state index in [0.29, 0.717) is 45.1 Å². The molecule has 1 aromatic heterocycles. The topological polar surface area (TPSA) is 87.7 Å². The van der Waals surface area contributed by atoms with E-state index in [1.807, 2.05) is 29.2 Å². The molecule has 2 heterocycles. The molecular formula is C21H25N5O3. The van der Waals surface area contributed by atoms with E-state index in [1.165, 1.54) is 0 Å². The quantitative estimate of drug-likeness (QED) is 0.788. The summed E-state index contributed by atoms with van der Waals surface area (Å²) in [5.41, 5.74) is 1.00. The summed E-state index contributed by atoms with van der Waals surface area (Å²) in [6, 6.07) is 9.36. The minimum atomic E-state index is -0.212. The Kier molecular flexibility index (Phi) is 5.59. The van der Waals surface area contributed by atoms with E-state index >= 15 is 0 Å². The van der Waals surface area contributed by atoms with Gasteiger partial charge in [0, 0.05) is 45.1 Å². The average Bonchev–Trinajstić information content (AvgIpc) is 3.59. The van der Waals surface area contributed by atoms with Crippen LogP contribution in [0.4, 0.5) is 5.95 Å². The number of hydrogen-bond acceptors (Lipinski definition) is 6. The fourth-order valence-electron chi connectivity index (χ4n) is 3.64. The van der Waals surface area contributed by atoms with Crippen LogP contribution < -0.4 is 15.0 Å². The number of piperazine rings is 1. The molecule has 4 rings (SSSR count). The normalized spacial score (nSPS) is 20.9. The minimum Gasteiger partial charge on any atom is -0.497 e. The highest BCUT2D eigenvalue weighted by atomic mass is 16.5. The lowest BCUT2D eigenvalue weighted by Crippen LogP contribution is -2.50. The van der Waals surface area contributed by atoms with Gasteiger partial charge in [0.1, 0.15) is 5.75 Å². The van der Waals surface area contributed by atoms with E-state index in [9.17, 15) is 9.59 Å². The SMILES string of the molecule is COc1ccc(CNC(=O)C2CC2C(=O)N2CCN(c3ncccn3)CC2)cc1. The van der Waals surface area contributed by atoms with Crippen molar-refractivity contribution in [2.45, 2.75) is 13.0 Å². The van der Waals surface area contributed by atoms with Crippen molar-refractivity contribution in [2.24, 2.45) is 11.8 Å². The summed E-state index contributed by atoms with van der Waals surface area (Å²) in [5.74, 6) is 1.12. The molecule has 0 radical (unpaired) electrons. The second-order valence-corrected chi connectivity index (χ2v) is 7.38. The van der Waals surface area contributed by atoms with Gasteiger partial charge in [0.2, 0.25) is 17.8 Å². The minimum absolute atomic E-state index is 0.0458. The number of ether oxygens (including phenoxy) is 1. The molecule has 2 fully saturated rings. The van der Waals surface area contributed by atoms with Crippen LogP contribution in [0.2, 0.25) is 0 Å². The lowest BCUT2D eigenvalue weighted by Gasteiger charge is -2.34. The van der Waals surface area contributed by atoms with Crippen LogP contribution in [0.25, 0.3) is 0 Å². The van der Waals surface area contributed by atoms with Gasteiger partial charge in [-0.15, -0.1) is 0 Å². The van der Waals surface area contributed by atoms with Crippen molar-refractivity contribution in [1.29, 1.82) is 0 Å². The number of anilines is 1. The van der Waals surface area contributed by atoms with Crippen LogP contribution in [0.5, 0.6) is 5.75 Å². The third-order valence-corrected chi connectivity index (χ3v) is 5.50. The molecule has 1 N–H and O–H groups in total. The van der Waals surface area contributed by atoms with Crippen LogP contribution in [0.15, 0.2) is 42.7 Å². The van der Waals surface area contributed by atoms with E-state index in [0.717, 1.165) is 11.3 Å². The lowest BCUT2D eigenvalue weighted by atomic mass is 10.2. The first-order valence-electron chi connectivity index (χ1n) is 9.87. The third kappa shape index (κ3) is 4.47. The number of rotatable bonds is 6. The Balaban J connectivity index is 1.22. The number of hydrogen-bond donors (Lipinski definition) is 1. The molecule has 2 amide bonds. The Morgan fingerprint density at radius 2 is 1.76 bits per heavy atom. The molecule has 0 bridgehead atoms. The van der Waals surface area contributed by atoms with Crippen molar-refractivity contribution in [3.63, 3.8) is 0 Å². The molecule has 1 aliphatic heterocycles. The number of carbonyl (C=O) groups is 2. The van der Waals surface area contributed by atoms with Gasteiger partial charge in [-0.25, -0.2) is 9.97 Å². The molecule has 2 aromatic rings. The van der Waals surface area contributed by atoms with Crippen LogP contribution in [-0.4, -0.2) is 60.0 Å². The Morgan fingerprint density at radius 3 is 2.41 bits per heavy atom. The third-order valence-electron chi connectivity index (χ3n) is 5.50. The van der Waals surface area contributed by atoms with Crippen molar-refractivity contribution >= 4 is 17.8 Å². The van der Waals surface area contributed by atoms with E-state index in [1.54, 1.807) is 25.6 Å². The molecule has 8 heteroatoms. The zero-order valence-electron chi connectivity index (χ0n) is 16.5. The molecule has 2 unspecified atom stereocenters. The summed E-state index contributed by atoms with van der Waals surface area (Å²) in [4.78, 5) is 37.6. The van der Waals surface area contributed by atoms with Crippen LogP contribution in [-0.2, 0) is 16.1 Å². The Hall–Kier alpha value is -3.16. The second-order valence-electron chi connectivity index (χ2n) is 7.38. The standard InChI is InChI=1S/C21H25N5O3/c1-29-16-5-3-15(4-6-16)14-24-19(27)17-13-18(17)20(28)25-9-11-26(12-10-25)21-22-7-2-8-23-21/h2-8,17-18H,9-14H2,1H3,(H,24,27). The molecule has 2 atom stereocenters. The first kappa shape index (κ1) is 19.2. The number of nitrogens with one attached hydrogen (secondary N) is 1. The predicted octanol–water partition coefficient (Wildman–Crippen LogP) is 1.09. The monoisotopic (exact) mass is 395 g/mol. The summed E-state index contributed by atoms with van der Waals surface area (Å²) in [6.45, 7) is 3.13. The van der Waals surface area contributed by atoms with Crippen LogP contribution in [0.3, 0.4) is 0 Å². The summed E-state index contributed by atoms with van der Waals surface area (Å²) < 4.78 is 5.13. The van der Waals surface area contributed by atoms with Gasteiger partial charge in [0.05, 0.1) is 18.9 Å². The zero-order valence-corrected chi connectivity index (χ0v) is 16.5. The van der Waals surface area contributed by atoms with Crippen LogP contribution in [0, 0.1) is 11.8 Å². The second kappa shape index (κ2) is 8.46. The fourth-order valence-corrected chi connectivity index (χ4v) is 3.64. The van der Waals surface area contributed by atoms with Crippen molar-refractivity contribution in [1.82, 2.24) is 20.2 Å². The molecule has 152 valence electrons. The summed E-state index contributed by atoms with van der Waals surface area (Å²) in [5, 5.41) is 2.94. The summed E-state index contributed by atoms with van der Waals surface area (Å²) in [6.07, 6.45) is 4.08. The predicted molar refractivity (Wildman–Crippen MR) is 107 cm³/mol. The number of nitrogens with zero attached hydrogens (tertiary/aromatic N) is 4. The van der Waals surface area contributed by atoms with Gasteiger partial charge in [0.25, 0.3) is 0 Å². The van der Waals surface area contributed by atoms with Gasteiger partial charge in [-0.3, -0.25) is 9.59 Å². The average molecular weight is 395 g/mol. The Bertz CT molecular complexity index is 850. The smallest absolute Gasteiger partial charge is 0.226 e. The number of aromatic nitrogens is 2. The molecular weight excluding hydrogens is 370 g/mol. The van der Waals surface area contributed by atoms with Gasteiger partial charge in [-0.05, 0) is 30.2 Å². The molecule has 1 saturated carbocycles. The molecule has 2 aliphatic rings. The first-order chi connectivity index (χ1) is 14.2. The fraction of sp³-hybridized carbons (Fsp3) is 0.429. The first-order valence-corrected chi connectivity index (χ1v) is 9.87. The van der Waals surface area contributed by atoms with E-state index in [2.05, 4.69) is 20.2 Å². The number of amides is 2. The van der Waals surface area contributed by atoms with E-state index < -0.39 is 0 Å². The highest BCUT2D eigenvalue weighted by molar-refractivity contribution is 5.92. The maximum absolute atomic E-state index is 12.7. The van der Waals surface area contributed by atoms with Gasteiger partial charge < -0.3 is 19.9 Å². The number of methoxy groups -OCH3 is 1. The largest absolute Gasteiger partial charge is 0.497 e. The van der Waals surface area contributed by atoms with Gasteiger partial charge >= 0.3 is 0 Å². The molecule has 1 aliphatic carbocycles. The lowest BCUT2D eigenvalue weighted by molar-refractivity contribution is -0.135. The molecule has 1 saturated heterocycles. The summed E-state index contributed by atoms with van der Waals surface area (Å²) >= 11 is 0. The molecule has 8 nitrogen and oxygen atoms in total. The highest BCUT2D eigenvalue weighted by Gasteiger charge is 2.49. The van der Waals surface area contributed by atoms with Crippen molar-refractivity contribution in [2.75, 3.05) is 38.2 Å². The number of carbonyl (C=O) groups excluding carboxylic acids is 2. The number of benzene rings is 1. The zero-order chi connectivity index (χ0) is 20.2. The van der Waals surface area contributed by atoms with Gasteiger partial charge in [-0.2, -0.15) is 0 Å². The van der Waals surface area contributed by atoms with Crippen molar-refractivity contribution in [3.8, 4) is 5.75 Å². The Labute approximate surface area is 169 Å². The van der Waals surface area contributed by atoms with Gasteiger partial charge in [-0.1, -0.05) is 12.1 Å². The summed E-state index contributed by atoms with van der Waals surface area (Å²) in [7, 11) is 1.62. The van der Waals surface area contributed by atoms with Crippen molar-refractivity contribution < 1.29 is 14.3 Å². The Morgan fingerprint density at radius 1 is 1.07 bits per heavy atom. The van der Waals surface area contributed by atoms with Crippen LogP contribution >= 0.6 is 0 Å². The van der Waals surface area contributed by atoms with Crippen LogP contribution in [0.1, 0.15) is 12.0 Å². The molecule has 29 heavy (non-hydrogen) atoms. The van der Waals surface area contributed by atoms with E-state index in [-0.39, 0.29) is 23.7 Å².